The first-order chi connectivity index (χ1) is 11.0. The number of fused-ring (bicyclic) bond motifs is 2. The number of carbonyl (C=O) groups excluding carboxylic acids is 2. The zero-order chi connectivity index (χ0) is 16.4. The van der Waals surface area contributed by atoms with Crippen LogP contribution in [0.1, 0.15) is 43.2 Å². The zero-order valence-electron chi connectivity index (χ0n) is 13.9. The van der Waals surface area contributed by atoms with Gasteiger partial charge in [-0.1, -0.05) is 12.5 Å². The number of esters is 1. The van der Waals surface area contributed by atoms with Crippen molar-refractivity contribution in [3.05, 3.63) is 29.3 Å². The molecule has 0 spiro atoms. The molecule has 2 fully saturated rings. The molecule has 1 N–H and O–H groups in total. The number of hydrogen-bond acceptors (Lipinski definition) is 3. The van der Waals surface area contributed by atoms with E-state index in [1.54, 1.807) is 0 Å². The molecule has 4 nitrogen and oxygen atoms in total. The number of ether oxygens (including phenoxy) is 1. The Hall–Kier alpha value is -1.84. The fourth-order valence-electron chi connectivity index (χ4n) is 4.06. The zero-order valence-corrected chi connectivity index (χ0v) is 13.9. The lowest BCUT2D eigenvalue weighted by molar-refractivity contribution is -0.148. The van der Waals surface area contributed by atoms with E-state index in [9.17, 15) is 9.59 Å². The molecule has 0 radical (unpaired) electrons. The monoisotopic (exact) mass is 315 g/mol. The fraction of sp³-hybridized carbons (Fsp3) is 0.579. The van der Waals surface area contributed by atoms with Crippen LogP contribution >= 0.6 is 0 Å². The summed E-state index contributed by atoms with van der Waals surface area (Å²) in [6, 6.07) is 5.74. The van der Waals surface area contributed by atoms with Crippen LogP contribution in [0.4, 0.5) is 5.69 Å². The Balaban J connectivity index is 1.41. The Kier molecular flexibility index (Phi) is 4.69. The van der Waals surface area contributed by atoms with E-state index in [4.69, 9.17) is 4.74 Å². The van der Waals surface area contributed by atoms with E-state index in [1.165, 1.54) is 24.8 Å². The molecule has 0 aliphatic heterocycles. The summed E-state index contributed by atoms with van der Waals surface area (Å²) in [5, 5.41) is 2.77. The predicted molar refractivity (Wildman–Crippen MR) is 89.1 cm³/mol. The first kappa shape index (κ1) is 16.0. The van der Waals surface area contributed by atoms with Crippen LogP contribution in [0.25, 0.3) is 0 Å². The summed E-state index contributed by atoms with van der Waals surface area (Å²) in [6.45, 7) is 3.82. The molecule has 1 aromatic carbocycles. The van der Waals surface area contributed by atoms with Gasteiger partial charge < -0.3 is 10.1 Å². The molecule has 0 heterocycles. The van der Waals surface area contributed by atoms with E-state index < -0.39 is 0 Å². The van der Waals surface area contributed by atoms with Crippen molar-refractivity contribution in [1.82, 2.24) is 0 Å². The molecule has 0 aromatic heterocycles. The third-order valence-electron chi connectivity index (χ3n) is 5.47. The van der Waals surface area contributed by atoms with Gasteiger partial charge in [-0.05, 0) is 74.1 Å². The second kappa shape index (κ2) is 6.73. The third kappa shape index (κ3) is 3.92. The molecule has 2 aliphatic rings. The van der Waals surface area contributed by atoms with Crippen LogP contribution in [-0.4, -0.2) is 18.5 Å². The Morgan fingerprint density at radius 1 is 1.17 bits per heavy atom. The summed E-state index contributed by atoms with van der Waals surface area (Å²) < 4.78 is 5.15. The van der Waals surface area contributed by atoms with Gasteiger partial charge in [-0.15, -0.1) is 0 Å². The molecule has 2 aliphatic carbocycles. The fourth-order valence-corrected chi connectivity index (χ4v) is 4.06. The minimum Gasteiger partial charge on any atom is -0.456 e. The van der Waals surface area contributed by atoms with Crippen molar-refractivity contribution in [2.24, 2.45) is 17.8 Å². The highest BCUT2D eigenvalue weighted by Crippen LogP contribution is 2.49. The number of benzene rings is 1. The largest absolute Gasteiger partial charge is 0.456 e. The maximum Gasteiger partial charge on any atom is 0.306 e. The minimum atomic E-state index is -0.283. The molecule has 3 rings (SSSR count). The van der Waals surface area contributed by atoms with Gasteiger partial charge in [0.15, 0.2) is 6.61 Å². The summed E-state index contributed by atoms with van der Waals surface area (Å²) in [7, 11) is 0. The van der Waals surface area contributed by atoms with Gasteiger partial charge in [-0.3, -0.25) is 9.59 Å². The molecule has 1 amide bonds. The highest BCUT2D eigenvalue weighted by Gasteiger charge is 2.40. The number of amides is 1. The standard InChI is InChI=1S/C19H25NO3/c1-12-3-6-17(7-13(12)2)20-18(21)11-23-19(22)10-16-9-14-4-5-15(16)8-14/h3,6-7,14-16H,4-5,8-11H2,1-2H3,(H,20,21)/t14-,15+,16-/m0/s1. The van der Waals surface area contributed by atoms with Crippen molar-refractivity contribution in [2.75, 3.05) is 11.9 Å². The number of hydrogen-bond donors (Lipinski definition) is 1. The first-order valence-corrected chi connectivity index (χ1v) is 8.54. The van der Waals surface area contributed by atoms with Crippen LogP contribution in [0.5, 0.6) is 0 Å². The second-order valence-corrected chi connectivity index (χ2v) is 7.15. The van der Waals surface area contributed by atoms with Gasteiger partial charge in [0.25, 0.3) is 5.91 Å². The van der Waals surface area contributed by atoms with E-state index in [0.29, 0.717) is 18.3 Å². The lowest BCUT2D eigenvalue weighted by atomic mass is 9.86. The van der Waals surface area contributed by atoms with E-state index >= 15 is 0 Å². The number of rotatable bonds is 5. The van der Waals surface area contributed by atoms with Crippen LogP contribution in [0.15, 0.2) is 18.2 Å². The van der Waals surface area contributed by atoms with Crippen LogP contribution in [-0.2, 0) is 14.3 Å². The Bertz CT molecular complexity index is 611. The average molecular weight is 315 g/mol. The van der Waals surface area contributed by atoms with Crippen molar-refractivity contribution >= 4 is 17.6 Å². The van der Waals surface area contributed by atoms with Crippen LogP contribution in [0, 0.1) is 31.6 Å². The van der Waals surface area contributed by atoms with Gasteiger partial charge >= 0.3 is 5.97 Å². The molecule has 0 unspecified atom stereocenters. The van der Waals surface area contributed by atoms with Gasteiger partial charge in [-0.2, -0.15) is 0 Å². The van der Waals surface area contributed by atoms with E-state index in [1.807, 2.05) is 32.0 Å². The Morgan fingerprint density at radius 2 is 2.00 bits per heavy atom. The molecule has 1 aromatic rings. The normalized spacial score (nSPS) is 25.4. The van der Waals surface area contributed by atoms with Gasteiger partial charge in [0.05, 0.1) is 0 Å². The molecular formula is C19H25NO3. The van der Waals surface area contributed by atoms with Crippen molar-refractivity contribution in [3.8, 4) is 0 Å². The van der Waals surface area contributed by atoms with E-state index in [-0.39, 0.29) is 18.5 Å². The average Bonchev–Trinajstić information content (AvgIpc) is 3.12. The van der Waals surface area contributed by atoms with Gasteiger partial charge in [0.1, 0.15) is 0 Å². The highest BCUT2D eigenvalue weighted by atomic mass is 16.5. The molecule has 2 bridgehead atoms. The van der Waals surface area contributed by atoms with Gasteiger partial charge in [-0.25, -0.2) is 0 Å². The maximum absolute atomic E-state index is 11.9. The molecule has 4 heteroatoms. The second-order valence-electron chi connectivity index (χ2n) is 7.15. The summed E-state index contributed by atoms with van der Waals surface area (Å²) in [4.78, 5) is 23.8. The topological polar surface area (TPSA) is 55.4 Å². The van der Waals surface area contributed by atoms with Crippen molar-refractivity contribution < 1.29 is 14.3 Å². The summed E-state index contributed by atoms with van der Waals surface area (Å²) >= 11 is 0. The summed E-state index contributed by atoms with van der Waals surface area (Å²) in [6.07, 6.45) is 5.50. The quantitative estimate of drug-likeness (QED) is 0.845. The lowest BCUT2D eigenvalue weighted by Crippen LogP contribution is -2.23. The van der Waals surface area contributed by atoms with Crippen molar-refractivity contribution in [3.63, 3.8) is 0 Å². The van der Waals surface area contributed by atoms with E-state index in [2.05, 4.69) is 5.32 Å². The molecule has 0 saturated heterocycles. The smallest absolute Gasteiger partial charge is 0.306 e. The molecule has 2 saturated carbocycles. The van der Waals surface area contributed by atoms with Crippen LogP contribution in [0.3, 0.4) is 0 Å². The Morgan fingerprint density at radius 3 is 2.65 bits per heavy atom. The maximum atomic E-state index is 11.9. The molecule has 3 atom stereocenters. The third-order valence-corrected chi connectivity index (χ3v) is 5.47. The van der Waals surface area contributed by atoms with Crippen LogP contribution in [0.2, 0.25) is 0 Å². The Labute approximate surface area is 137 Å². The molecular weight excluding hydrogens is 290 g/mol. The predicted octanol–water partition coefficient (Wildman–Crippen LogP) is 3.61. The van der Waals surface area contributed by atoms with Crippen molar-refractivity contribution in [1.29, 1.82) is 0 Å². The number of carbonyl (C=O) groups is 2. The number of nitrogens with one attached hydrogen (secondary N) is 1. The van der Waals surface area contributed by atoms with E-state index in [0.717, 1.165) is 23.6 Å². The van der Waals surface area contributed by atoms with Crippen molar-refractivity contribution in [2.45, 2.75) is 46.0 Å². The van der Waals surface area contributed by atoms with Crippen LogP contribution < -0.4 is 5.32 Å². The minimum absolute atomic E-state index is 0.202. The number of aryl methyl sites for hydroxylation is 2. The lowest BCUT2D eigenvalue weighted by Gasteiger charge is -2.20. The highest BCUT2D eigenvalue weighted by molar-refractivity contribution is 5.92. The first-order valence-electron chi connectivity index (χ1n) is 8.54. The molecule has 124 valence electrons. The summed E-state index contributed by atoms with van der Waals surface area (Å²) in [5.74, 6) is 1.49. The van der Waals surface area contributed by atoms with Gasteiger partial charge in [0.2, 0.25) is 0 Å². The SMILES string of the molecule is Cc1ccc(NC(=O)COC(=O)C[C@@H]2C[C@H]3CC[C@@H]2C3)cc1C. The number of anilines is 1. The summed E-state index contributed by atoms with van der Waals surface area (Å²) in [5.41, 5.74) is 3.04. The molecule has 23 heavy (non-hydrogen) atoms. The van der Waals surface area contributed by atoms with Gasteiger partial charge in [0, 0.05) is 12.1 Å².